The maximum atomic E-state index is 5.55. The van der Waals surface area contributed by atoms with Gasteiger partial charge in [-0.25, -0.2) is 9.97 Å². The van der Waals surface area contributed by atoms with Crippen LogP contribution in [-0.4, -0.2) is 23.6 Å². The number of ether oxygens (including phenoxy) is 1. The van der Waals surface area contributed by atoms with Crippen LogP contribution in [0.3, 0.4) is 0 Å². The van der Waals surface area contributed by atoms with Crippen LogP contribution in [0.25, 0.3) is 0 Å². The normalized spacial score (nSPS) is 19.9. The maximum absolute atomic E-state index is 5.55. The van der Waals surface area contributed by atoms with Crippen molar-refractivity contribution in [2.75, 3.05) is 13.7 Å². The fourth-order valence-corrected chi connectivity index (χ4v) is 3.03. The molecule has 1 aromatic heterocycles. The van der Waals surface area contributed by atoms with Gasteiger partial charge in [-0.3, -0.25) is 0 Å². The average Bonchev–Trinajstić information content (AvgIpc) is 2.72. The molecule has 1 aliphatic rings. The lowest BCUT2D eigenvalue weighted by molar-refractivity contribution is 0.0873. The molecule has 4 heteroatoms. The second-order valence-corrected chi connectivity index (χ2v) is 5.90. The third-order valence-electron chi connectivity index (χ3n) is 4.21. The number of hydrogen-bond acceptors (Lipinski definition) is 4. The Morgan fingerprint density at radius 2 is 2.19 bits per heavy atom. The van der Waals surface area contributed by atoms with Gasteiger partial charge in [0.25, 0.3) is 0 Å². The standard InChI is InChI=1S/C17H29N3O/c1-4-8-16(21-3)17-19-12-13-14(18-11-5-2)9-6-7-10-15(13)20-17/h12,14,16,18H,4-11H2,1-3H3. The lowest BCUT2D eigenvalue weighted by Crippen LogP contribution is -2.23. The second-order valence-electron chi connectivity index (χ2n) is 5.90. The maximum Gasteiger partial charge on any atom is 0.157 e. The first-order chi connectivity index (χ1) is 10.3. The van der Waals surface area contributed by atoms with E-state index in [2.05, 4.69) is 24.1 Å². The first-order valence-corrected chi connectivity index (χ1v) is 8.42. The zero-order valence-electron chi connectivity index (χ0n) is 13.7. The van der Waals surface area contributed by atoms with Crippen molar-refractivity contribution in [3.05, 3.63) is 23.3 Å². The van der Waals surface area contributed by atoms with E-state index in [1.54, 1.807) is 7.11 Å². The molecule has 1 aliphatic carbocycles. The molecule has 21 heavy (non-hydrogen) atoms. The smallest absolute Gasteiger partial charge is 0.157 e. The molecule has 0 amide bonds. The molecule has 0 aliphatic heterocycles. The Morgan fingerprint density at radius 1 is 1.33 bits per heavy atom. The molecular weight excluding hydrogens is 262 g/mol. The van der Waals surface area contributed by atoms with E-state index in [1.165, 1.54) is 30.5 Å². The number of aryl methyl sites for hydroxylation is 1. The number of nitrogens with one attached hydrogen (secondary N) is 1. The quantitative estimate of drug-likeness (QED) is 0.778. The third kappa shape index (κ3) is 4.24. The van der Waals surface area contributed by atoms with Crippen LogP contribution in [0, 0.1) is 0 Å². The van der Waals surface area contributed by atoms with Gasteiger partial charge < -0.3 is 10.1 Å². The highest BCUT2D eigenvalue weighted by Crippen LogP contribution is 2.28. The van der Waals surface area contributed by atoms with E-state index in [0.29, 0.717) is 6.04 Å². The summed E-state index contributed by atoms with van der Waals surface area (Å²) in [5.74, 6) is 0.856. The fourth-order valence-electron chi connectivity index (χ4n) is 3.03. The minimum Gasteiger partial charge on any atom is -0.373 e. The summed E-state index contributed by atoms with van der Waals surface area (Å²) in [4.78, 5) is 9.45. The monoisotopic (exact) mass is 291 g/mol. The summed E-state index contributed by atoms with van der Waals surface area (Å²) < 4.78 is 5.55. The second kappa shape index (κ2) is 8.44. The molecule has 0 radical (unpaired) electrons. The summed E-state index contributed by atoms with van der Waals surface area (Å²) in [6.45, 7) is 5.43. The van der Waals surface area contributed by atoms with Crippen LogP contribution < -0.4 is 5.32 Å². The van der Waals surface area contributed by atoms with Gasteiger partial charge in [0, 0.05) is 30.6 Å². The summed E-state index contributed by atoms with van der Waals surface area (Å²) in [7, 11) is 1.75. The average molecular weight is 291 g/mol. The molecule has 2 unspecified atom stereocenters. The SMILES string of the molecule is CCCNC1CCCCc2nc(C(CCC)OC)ncc21. The molecule has 0 bridgehead atoms. The van der Waals surface area contributed by atoms with E-state index < -0.39 is 0 Å². The molecule has 2 rings (SSSR count). The largest absolute Gasteiger partial charge is 0.373 e. The van der Waals surface area contributed by atoms with Gasteiger partial charge in [0.05, 0.1) is 0 Å². The summed E-state index contributed by atoms with van der Waals surface area (Å²) in [6.07, 6.45) is 10.0. The predicted molar refractivity (Wildman–Crippen MR) is 85.3 cm³/mol. The lowest BCUT2D eigenvalue weighted by Gasteiger charge is -2.20. The highest BCUT2D eigenvalue weighted by molar-refractivity contribution is 5.24. The molecule has 0 saturated carbocycles. The summed E-state index contributed by atoms with van der Waals surface area (Å²) in [5.41, 5.74) is 2.53. The van der Waals surface area contributed by atoms with Crippen molar-refractivity contribution < 1.29 is 4.74 Å². The van der Waals surface area contributed by atoms with Crippen molar-refractivity contribution in [3.63, 3.8) is 0 Å². The van der Waals surface area contributed by atoms with Crippen molar-refractivity contribution in [1.29, 1.82) is 0 Å². The van der Waals surface area contributed by atoms with E-state index in [1.807, 2.05) is 6.20 Å². The van der Waals surface area contributed by atoms with Crippen LogP contribution in [0.15, 0.2) is 6.20 Å². The summed E-state index contributed by atoms with van der Waals surface area (Å²) in [6, 6.07) is 0.420. The van der Waals surface area contributed by atoms with Gasteiger partial charge in [-0.1, -0.05) is 26.7 Å². The number of fused-ring (bicyclic) bond motifs is 1. The van der Waals surface area contributed by atoms with E-state index >= 15 is 0 Å². The minimum absolute atomic E-state index is 0.0330. The molecular formula is C17H29N3O. The Balaban J connectivity index is 2.22. The Hall–Kier alpha value is -1.00. The van der Waals surface area contributed by atoms with Crippen LogP contribution in [0.4, 0.5) is 0 Å². The number of aromatic nitrogens is 2. The van der Waals surface area contributed by atoms with Crippen LogP contribution in [0.2, 0.25) is 0 Å². The zero-order valence-corrected chi connectivity index (χ0v) is 13.7. The molecule has 0 saturated heterocycles. The van der Waals surface area contributed by atoms with E-state index in [9.17, 15) is 0 Å². The number of hydrogen-bond donors (Lipinski definition) is 1. The van der Waals surface area contributed by atoms with Gasteiger partial charge in [0.1, 0.15) is 6.10 Å². The number of rotatable bonds is 7. The lowest BCUT2D eigenvalue weighted by atomic mass is 10.0. The van der Waals surface area contributed by atoms with Crippen LogP contribution in [0.5, 0.6) is 0 Å². The van der Waals surface area contributed by atoms with E-state index in [4.69, 9.17) is 9.72 Å². The van der Waals surface area contributed by atoms with Gasteiger partial charge in [0.15, 0.2) is 5.82 Å². The van der Waals surface area contributed by atoms with Crippen molar-refractivity contribution in [2.24, 2.45) is 0 Å². The van der Waals surface area contributed by atoms with Gasteiger partial charge in [-0.15, -0.1) is 0 Å². The number of methoxy groups -OCH3 is 1. The third-order valence-corrected chi connectivity index (χ3v) is 4.21. The topological polar surface area (TPSA) is 47.0 Å². The molecule has 0 fully saturated rings. The minimum atomic E-state index is 0.0330. The van der Waals surface area contributed by atoms with Gasteiger partial charge in [-0.2, -0.15) is 0 Å². The molecule has 118 valence electrons. The van der Waals surface area contributed by atoms with Gasteiger partial charge >= 0.3 is 0 Å². The molecule has 4 nitrogen and oxygen atoms in total. The molecule has 2 atom stereocenters. The van der Waals surface area contributed by atoms with E-state index in [0.717, 1.165) is 38.1 Å². The van der Waals surface area contributed by atoms with Gasteiger partial charge in [-0.05, 0) is 38.6 Å². The zero-order chi connectivity index (χ0) is 15.1. The Morgan fingerprint density at radius 3 is 2.90 bits per heavy atom. The highest BCUT2D eigenvalue weighted by Gasteiger charge is 2.22. The predicted octanol–water partition coefficient (Wildman–Crippen LogP) is 3.73. The molecule has 0 aromatic carbocycles. The number of nitrogens with zero attached hydrogens (tertiary/aromatic N) is 2. The van der Waals surface area contributed by atoms with Crippen LogP contribution >= 0.6 is 0 Å². The molecule has 1 heterocycles. The summed E-state index contributed by atoms with van der Waals surface area (Å²) >= 11 is 0. The Labute approximate surface area is 128 Å². The van der Waals surface area contributed by atoms with Crippen molar-refractivity contribution >= 4 is 0 Å². The van der Waals surface area contributed by atoms with Crippen molar-refractivity contribution in [2.45, 2.75) is 70.9 Å². The van der Waals surface area contributed by atoms with Crippen molar-refractivity contribution in [1.82, 2.24) is 15.3 Å². The summed E-state index contributed by atoms with van der Waals surface area (Å²) in [5, 5.41) is 3.64. The van der Waals surface area contributed by atoms with Crippen molar-refractivity contribution in [3.8, 4) is 0 Å². The first kappa shape index (κ1) is 16.4. The van der Waals surface area contributed by atoms with Crippen LogP contribution in [-0.2, 0) is 11.2 Å². The highest BCUT2D eigenvalue weighted by atomic mass is 16.5. The first-order valence-electron chi connectivity index (χ1n) is 8.42. The Kier molecular flexibility index (Phi) is 6.58. The molecule has 1 N–H and O–H groups in total. The van der Waals surface area contributed by atoms with Crippen LogP contribution in [0.1, 0.15) is 81.6 Å². The fraction of sp³-hybridized carbons (Fsp3) is 0.765. The van der Waals surface area contributed by atoms with Gasteiger partial charge in [0.2, 0.25) is 0 Å². The Bertz CT molecular complexity index is 436. The molecule has 0 spiro atoms. The van der Waals surface area contributed by atoms with E-state index in [-0.39, 0.29) is 6.10 Å². The molecule has 1 aromatic rings.